The van der Waals surface area contributed by atoms with E-state index in [-0.39, 0.29) is 24.5 Å². The molecule has 1 aliphatic carbocycles. The van der Waals surface area contributed by atoms with Gasteiger partial charge >= 0.3 is 6.03 Å². The summed E-state index contributed by atoms with van der Waals surface area (Å²) >= 11 is 12.3. The molecule has 0 spiro atoms. The molecule has 0 saturated carbocycles. The number of anilines is 1. The number of hydrogen-bond acceptors (Lipinski definition) is 4. The van der Waals surface area contributed by atoms with Crippen molar-refractivity contribution in [3.63, 3.8) is 0 Å². The number of carbonyl (C=O) groups is 2. The molecule has 196 valence electrons. The molecular formula is C28H32Cl2N4O3. The van der Waals surface area contributed by atoms with Gasteiger partial charge in [-0.25, -0.2) is 4.79 Å². The third-order valence-corrected chi connectivity index (χ3v) is 7.30. The Bertz CT molecular complexity index is 1190. The molecule has 1 heterocycles. The van der Waals surface area contributed by atoms with Crippen LogP contribution in [0.5, 0.6) is 0 Å². The molecule has 2 aliphatic rings. The smallest absolute Gasteiger partial charge is 0.323 e. The fourth-order valence-corrected chi connectivity index (χ4v) is 5.01. The van der Waals surface area contributed by atoms with Crippen molar-refractivity contribution in [3.05, 3.63) is 87.6 Å². The van der Waals surface area contributed by atoms with E-state index in [0.29, 0.717) is 42.2 Å². The average Bonchev–Trinajstić information content (AvgIpc) is 3.30. The van der Waals surface area contributed by atoms with Crippen molar-refractivity contribution in [1.29, 1.82) is 0 Å². The van der Waals surface area contributed by atoms with E-state index in [0.717, 1.165) is 29.3 Å². The fraction of sp³-hybridized carbons (Fsp3) is 0.357. The highest BCUT2D eigenvalue weighted by Gasteiger charge is 2.28. The van der Waals surface area contributed by atoms with E-state index in [4.69, 9.17) is 23.2 Å². The van der Waals surface area contributed by atoms with Crippen molar-refractivity contribution in [2.24, 2.45) is 0 Å². The quantitative estimate of drug-likeness (QED) is 0.434. The number of nitrogens with one attached hydrogen (secondary N) is 2. The zero-order valence-corrected chi connectivity index (χ0v) is 22.3. The van der Waals surface area contributed by atoms with Crippen LogP contribution in [-0.4, -0.2) is 59.6 Å². The largest absolute Gasteiger partial charge is 0.392 e. The number of aliphatic hydroxyl groups is 1. The zero-order valence-electron chi connectivity index (χ0n) is 20.8. The lowest BCUT2D eigenvalue weighted by molar-refractivity contribution is -0.131. The molecule has 7 nitrogen and oxygen atoms in total. The number of nitrogens with zero attached hydrogens (tertiary/aromatic N) is 2. The Morgan fingerprint density at radius 3 is 2.57 bits per heavy atom. The number of hydrogen-bond donors (Lipinski definition) is 3. The van der Waals surface area contributed by atoms with Gasteiger partial charge in [-0.3, -0.25) is 9.69 Å². The summed E-state index contributed by atoms with van der Waals surface area (Å²) in [4.78, 5) is 30.1. The average molecular weight is 543 g/mol. The van der Waals surface area contributed by atoms with E-state index in [1.165, 1.54) is 0 Å². The molecule has 37 heavy (non-hydrogen) atoms. The minimum atomic E-state index is -0.392. The number of allylic oxidation sites excluding steroid dienone is 4. The first-order chi connectivity index (χ1) is 17.8. The Balaban J connectivity index is 1.47. The highest BCUT2D eigenvalue weighted by Crippen LogP contribution is 2.27. The molecule has 3 N–H and O–H groups in total. The molecule has 0 bridgehead atoms. The fourth-order valence-electron chi connectivity index (χ4n) is 4.66. The normalized spacial score (nSPS) is 18.5. The van der Waals surface area contributed by atoms with Gasteiger partial charge in [0.2, 0.25) is 5.91 Å². The van der Waals surface area contributed by atoms with Gasteiger partial charge in [0.1, 0.15) is 0 Å². The summed E-state index contributed by atoms with van der Waals surface area (Å²) in [5.74, 6) is -0.103. The maximum absolute atomic E-state index is 13.5. The number of likely N-dealkylation sites (N-methyl/N-ethyl adjacent to an activating group) is 1. The van der Waals surface area contributed by atoms with E-state index in [1.54, 1.807) is 42.3 Å². The van der Waals surface area contributed by atoms with Crippen molar-refractivity contribution < 1.29 is 14.7 Å². The van der Waals surface area contributed by atoms with E-state index < -0.39 is 6.03 Å². The van der Waals surface area contributed by atoms with Crippen molar-refractivity contribution in [2.45, 2.75) is 37.8 Å². The summed E-state index contributed by atoms with van der Waals surface area (Å²) in [6, 6.07) is 14.4. The van der Waals surface area contributed by atoms with Crippen molar-refractivity contribution >= 4 is 40.8 Å². The molecular weight excluding hydrogens is 511 g/mol. The third-order valence-electron chi connectivity index (χ3n) is 6.75. The predicted molar refractivity (Wildman–Crippen MR) is 148 cm³/mol. The van der Waals surface area contributed by atoms with E-state index in [1.807, 2.05) is 30.3 Å². The van der Waals surface area contributed by atoms with Gasteiger partial charge < -0.3 is 20.6 Å². The van der Waals surface area contributed by atoms with Gasteiger partial charge in [-0.2, -0.15) is 0 Å². The molecule has 0 aromatic heterocycles. The zero-order chi connectivity index (χ0) is 26.4. The van der Waals surface area contributed by atoms with Crippen LogP contribution in [0.2, 0.25) is 5.02 Å². The molecule has 9 heteroatoms. The Morgan fingerprint density at radius 2 is 1.89 bits per heavy atom. The Labute approximate surface area is 227 Å². The lowest BCUT2D eigenvalue weighted by atomic mass is 10.0. The van der Waals surface area contributed by atoms with Gasteiger partial charge in [0.05, 0.1) is 18.6 Å². The van der Waals surface area contributed by atoms with Crippen LogP contribution in [0.15, 0.2) is 71.4 Å². The second kappa shape index (κ2) is 12.6. The molecule has 4 rings (SSSR count). The Morgan fingerprint density at radius 1 is 1.11 bits per heavy atom. The third kappa shape index (κ3) is 7.58. The van der Waals surface area contributed by atoms with Crippen LogP contribution in [-0.2, 0) is 11.2 Å². The standard InChI is InChI=1S/C28H32Cl2N4O3/c1-33(26(19-5-3-2-4-6-19)18-34-14-13-24(35)17-34)27(36)16-20-15-22(30)9-12-25(20)32-28(37)31-23-10-7-21(29)8-11-23/h2-7,9-10,12,15,24,26,35H,8,11,13-14,16-18H2,1H3,(H2,31,32,37)/t24-,26+/m0/s1. The van der Waals surface area contributed by atoms with E-state index >= 15 is 0 Å². The molecule has 3 amide bonds. The topological polar surface area (TPSA) is 84.9 Å². The van der Waals surface area contributed by atoms with Gasteiger partial charge in [0.15, 0.2) is 0 Å². The number of benzene rings is 2. The number of carbonyl (C=O) groups excluding carboxylic acids is 2. The van der Waals surface area contributed by atoms with Crippen molar-refractivity contribution in [3.8, 4) is 0 Å². The molecule has 1 aliphatic heterocycles. The lowest BCUT2D eigenvalue weighted by Crippen LogP contribution is -2.39. The van der Waals surface area contributed by atoms with E-state index in [2.05, 4.69) is 15.5 Å². The number of amides is 3. The van der Waals surface area contributed by atoms with Gasteiger partial charge in [0, 0.05) is 48.1 Å². The molecule has 2 aromatic rings. The highest BCUT2D eigenvalue weighted by atomic mass is 35.5. The van der Waals surface area contributed by atoms with Crippen LogP contribution < -0.4 is 10.6 Å². The first-order valence-electron chi connectivity index (χ1n) is 12.4. The molecule has 1 saturated heterocycles. The van der Waals surface area contributed by atoms with Crippen LogP contribution in [0.1, 0.15) is 36.4 Å². The summed E-state index contributed by atoms with van der Waals surface area (Å²) in [6.07, 6.45) is 5.36. The molecule has 0 radical (unpaired) electrons. The summed E-state index contributed by atoms with van der Waals surface area (Å²) in [6.45, 7) is 2.02. The number of aliphatic hydroxyl groups excluding tert-OH is 1. The number of urea groups is 1. The summed E-state index contributed by atoms with van der Waals surface area (Å²) in [5.41, 5.74) is 2.94. The minimum absolute atomic E-state index is 0.0691. The van der Waals surface area contributed by atoms with Crippen molar-refractivity contribution in [2.75, 3.05) is 32.0 Å². The maximum atomic E-state index is 13.5. The van der Waals surface area contributed by atoms with Crippen molar-refractivity contribution in [1.82, 2.24) is 15.1 Å². The van der Waals surface area contributed by atoms with Gasteiger partial charge in [-0.15, -0.1) is 0 Å². The van der Waals surface area contributed by atoms with Crippen LogP contribution >= 0.6 is 23.2 Å². The first kappa shape index (κ1) is 27.2. The molecule has 2 atom stereocenters. The van der Waals surface area contributed by atoms with Crippen LogP contribution in [0.25, 0.3) is 0 Å². The summed E-state index contributed by atoms with van der Waals surface area (Å²) in [5, 5.41) is 16.9. The van der Waals surface area contributed by atoms with Gasteiger partial charge in [0.25, 0.3) is 0 Å². The lowest BCUT2D eigenvalue weighted by Gasteiger charge is -2.32. The van der Waals surface area contributed by atoms with Crippen LogP contribution in [0, 0.1) is 0 Å². The maximum Gasteiger partial charge on any atom is 0.323 e. The number of rotatable bonds is 8. The minimum Gasteiger partial charge on any atom is -0.392 e. The Kier molecular flexibility index (Phi) is 9.27. The second-order valence-electron chi connectivity index (χ2n) is 9.50. The van der Waals surface area contributed by atoms with E-state index in [9.17, 15) is 14.7 Å². The first-order valence-corrected chi connectivity index (χ1v) is 13.2. The molecule has 2 aromatic carbocycles. The number of β-amino-alcohol motifs (C(OH)–C–C–N with tert-alkyl or cyclic N) is 1. The second-order valence-corrected chi connectivity index (χ2v) is 10.4. The number of halogens is 2. The number of likely N-dealkylation sites (tertiary alicyclic amines) is 1. The Hall–Kier alpha value is -2.84. The highest BCUT2D eigenvalue weighted by molar-refractivity contribution is 6.30. The van der Waals surface area contributed by atoms with Gasteiger partial charge in [-0.05, 0) is 60.7 Å². The monoisotopic (exact) mass is 542 g/mol. The molecule has 1 fully saturated rings. The summed E-state index contributed by atoms with van der Waals surface area (Å²) in [7, 11) is 1.80. The predicted octanol–water partition coefficient (Wildman–Crippen LogP) is 5.07. The van der Waals surface area contributed by atoms with Crippen LogP contribution in [0.4, 0.5) is 10.5 Å². The SMILES string of the molecule is CN(C(=O)Cc1cc(Cl)ccc1NC(=O)NC1=CC=C(Cl)CC1)[C@H](CN1CC[C@H](O)C1)c1ccccc1. The molecule has 0 unspecified atom stereocenters. The van der Waals surface area contributed by atoms with Crippen LogP contribution in [0.3, 0.4) is 0 Å². The summed E-state index contributed by atoms with van der Waals surface area (Å²) < 4.78 is 0. The van der Waals surface area contributed by atoms with Gasteiger partial charge in [-0.1, -0.05) is 53.5 Å².